The highest BCUT2D eigenvalue weighted by molar-refractivity contribution is 5.97. The van der Waals surface area contributed by atoms with Gasteiger partial charge in [0.2, 0.25) is 5.75 Å². The Morgan fingerprint density at radius 2 is 1.61 bits per heavy atom. The Balaban J connectivity index is 1.84. The van der Waals surface area contributed by atoms with Gasteiger partial charge < -0.3 is 29.6 Å². The molecule has 9 nitrogen and oxygen atoms in total. The van der Waals surface area contributed by atoms with Gasteiger partial charge in [-0.05, 0) is 25.0 Å². The minimum Gasteiger partial charge on any atom is -0.493 e. The first kappa shape index (κ1) is 21.3. The fraction of sp³-hybridized carbons (Fsp3) is 0.526. The molecule has 28 heavy (non-hydrogen) atoms. The molecule has 0 saturated heterocycles. The first-order chi connectivity index (χ1) is 13.5. The van der Waals surface area contributed by atoms with Crippen molar-refractivity contribution in [3.05, 3.63) is 17.7 Å². The van der Waals surface area contributed by atoms with Gasteiger partial charge >= 0.3 is 5.97 Å². The normalized spacial score (nSPS) is 13.5. The van der Waals surface area contributed by atoms with E-state index in [-0.39, 0.29) is 30.7 Å². The van der Waals surface area contributed by atoms with Crippen LogP contribution in [-0.2, 0) is 14.3 Å². The highest BCUT2D eigenvalue weighted by atomic mass is 16.5. The zero-order valence-electron chi connectivity index (χ0n) is 16.3. The second-order valence-electron chi connectivity index (χ2n) is 6.31. The SMILES string of the molecule is COc1cc(C(=O)NCC(=O)OCC(=O)NC2CCCC2)cc(OC)c1OC. The van der Waals surface area contributed by atoms with Crippen molar-refractivity contribution in [2.24, 2.45) is 0 Å². The van der Waals surface area contributed by atoms with Gasteiger partial charge in [-0.2, -0.15) is 0 Å². The van der Waals surface area contributed by atoms with Gasteiger partial charge in [0, 0.05) is 11.6 Å². The van der Waals surface area contributed by atoms with E-state index in [0.717, 1.165) is 25.7 Å². The summed E-state index contributed by atoms with van der Waals surface area (Å²) in [6.07, 6.45) is 4.09. The summed E-state index contributed by atoms with van der Waals surface area (Å²) in [5.74, 6) is -0.573. The molecular weight excluding hydrogens is 368 g/mol. The number of rotatable bonds is 9. The standard InChI is InChI=1S/C19H26N2O7/c1-25-14-8-12(9-15(26-2)18(14)27-3)19(24)20-10-17(23)28-11-16(22)21-13-6-4-5-7-13/h8-9,13H,4-7,10-11H2,1-3H3,(H,20,24)(H,21,22). The lowest BCUT2D eigenvalue weighted by molar-refractivity contribution is -0.147. The van der Waals surface area contributed by atoms with Crippen molar-refractivity contribution in [1.82, 2.24) is 10.6 Å². The average Bonchev–Trinajstić information content (AvgIpc) is 3.21. The van der Waals surface area contributed by atoms with Crippen LogP contribution in [0.4, 0.5) is 0 Å². The van der Waals surface area contributed by atoms with Crippen molar-refractivity contribution in [2.45, 2.75) is 31.7 Å². The molecule has 2 N–H and O–H groups in total. The number of methoxy groups -OCH3 is 3. The van der Waals surface area contributed by atoms with Crippen LogP contribution in [0.3, 0.4) is 0 Å². The fourth-order valence-corrected chi connectivity index (χ4v) is 3.00. The molecule has 0 bridgehead atoms. The number of carbonyl (C=O) groups excluding carboxylic acids is 3. The third-order valence-corrected chi connectivity index (χ3v) is 4.40. The average molecular weight is 394 g/mol. The van der Waals surface area contributed by atoms with Crippen molar-refractivity contribution < 1.29 is 33.3 Å². The second-order valence-corrected chi connectivity index (χ2v) is 6.31. The summed E-state index contributed by atoms with van der Waals surface area (Å²) in [5.41, 5.74) is 0.223. The molecule has 1 aliphatic rings. The predicted molar refractivity (Wildman–Crippen MR) is 99.8 cm³/mol. The number of amides is 2. The molecule has 0 aliphatic heterocycles. The topological polar surface area (TPSA) is 112 Å². The molecule has 2 amide bonds. The zero-order chi connectivity index (χ0) is 20.5. The van der Waals surface area contributed by atoms with E-state index >= 15 is 0 Å². The van der Waals surface area contributed by atoms with Crippen LogP contribution in [0.15, 0.2) is 12.1 Å². The van der Waals surface area contributed by atoms with E-state index < -0.39 is 11.9 Å². The minimum atomic E-state index is -0.706. The lowest BCUT2D eigenvalue weighted by Gasteiger charge is -2.14. The van der Waals surface area contributed by atoms with E-state index in [4.69, 9.17) is 18.9 Å². The fourth-order valence-electron chi connectivity index (χ4n) is 3.00. The summed E-state index contributed by atoms with van der Waals surface area (Å²) in [6, 6.07) is 3.10. The molecular formula is C19H26N2O7. The van der Waals surface area contributed by atoms with Crippen LogP contribution in [0.2, 0.25) is 0 Å². The third-order valence-electron chi connectivity index (χ3n) is 4.40. The maximum atomic E-state index is 12.3. The summed E-state index contributed by atoms with van der Waals surface area (Å²) < 4.78 is 20.5. The van der Waals surface area contributed by atoms with E-state index in [1.165, 1.54) is 33.5 Å². The Kier molecular flexibility index (Phi) is 7.91. The Morgan fingerprint density at radius 1 is 1.00 bits per heavy atom. The van der Waals surface area contributed by atoms with Crippen LogP contribution >= 0.6 is 0 Å². The molecule has 0 radical (unpaired) electrons. The van der Waals surface area contributed by atoms with Gasteiger partial charge in [-0.25, -0.2) is 0 Å². The van der Waals surface area contributed by atoms with Crippen molar-refractivity contribution in [3.63, 3.8) is 0 Å². The number of ether oxygens (including phenoxy) is 4. The van der Waals surface area contributed by atoms with Crippen molar-refractivity contribution in [3.8, 4) is 17.2 Å². The van der Waals surface area contributed by atoms with Gasteiger partial charge in [0.05, 0.1) is 21.3 Å². The summed E-state index contributed by atoms with van der Waals surface area (Å²) in [4.78, 5) is 35.8. The van der Waals surface area contributed by atoms with Gasteiger partial charge in [-0.3, -0.25) is 14.4 Å². The smallest absolute Gasteiger partial charge is 0.325 e. The maximum Gasteiger partial charge on any atom is 0.325 e. The number of hydrogen-bond acceptors (Lipinski definition) is 7. The monoisotopic (exact) mass is 394 g/mol. The predicted octanol–water partition coefficient (Wildman–Crippen LogP) is 1.04. The van der Waals surface area contributed by atoms with E-state index in [0.29, 0.717) is 17.2 Å². The van der Waals surface area contributed by atoms with E-state index in [1.807, 2.05) is 0 Å². The molecule has 0 spiro atoms. The van der Waals surface area contributed by atoms with Crippen molar-refractivity contribution in [2.75, 3.05) is 34.5 Å². The summed E-state index contributed by atoms with van der Waals surface area (Å²) in [7, 11) is 4.33. The lowest BCUT2D eigenvalue weighted by atomic mass is 10.1. The molecule has 1 aromatic rings. The molecule has 0 aromatic heterocycles. The van der Waals surface area contributed by atoms with Crippen LogP contribution in [0.1, 0.15) is 36.0 Å². The van der Waals surface area contributed by atoms with Crippen molar-refractivity contribution in [1.29, 1.82) is 0 Å². The van der Waals surface area contributed by atoms with Gasteiger partial charge in [-0.1, -0.05) is 12.8 Å². The summed E-state index contributed by atoms with van der Waals surface area (Å²) >= 11 is 0. The minimum absolute atomic E-state index is 0.158. The maximum absolute atomic E-state index is 12.3. The molecule has 1 aromatic carbocycles. The highest BCUT2D eigenvalue weighted by Crippen LogP contribution is 2.38. The number of esters is 1. The van der Waals surface area contributed by atoms with Crippen LogP contribution in [0.5, 0.6) is 17.2 Å². The first-order valence-electron chi connectivity index (χ1n) is 9.01. The Morgan fingerprint density at radius 3 is 2.14 bits per heavy atom. The zero-order valence-corrected chi connectivity index (χ0v) is 16.3. The lowest BCUT2D eigenvalue weighted by Crippen LogP contribution is -2.37. The Hall–Kier alpha value is -2.97. The van der Waals surface area contributed by atoms with Gasteiger partial charge in [0.15, 0.2) is 18.1 Å². The molecule has 0 atom stereocenters. The van der Waals surface area contributed by atoms with E-state index in [9.17, 15) is 14.4 Å². The van der Waals surface area contributed by atoms with E-state index in [2.05, 4.69) is 10.6 Å². The van der Waals surface area contributed by atoms with Crippen LogP contribution in [0.25, 0.3) is 0 Å². The molecule has 2 rings (SSSR count). The first-order valence-corrected chi connectivity index (χ1v) is 9.01. The quantitative estimate of drug-likeness (QED) is 0.602. The van der Waals surface area contributed by atoms with Crippen LogP contribution < -0.4 is 24.8 Å². The molecule has 0 heterocycles. The molecule has 1 fully saturated rings. The highest BCUT2D eigenvalue weighted by Gasteiger charge is 2.19. The Bertz CT molecular complexity index is 689. The van der Waals surface area contributed by atoms with Crippen LogP contribution in [-0.4, -0.2) is 58.3 Å². The second kappa shape index (κ2) is 10.4. The van der Waals surface area contributed by atoms with Crippen LogP contribution in [0, 0.1) is 0 Å². The number of nitrogens with one attached hydrogen (secondary N) is 2. The Labute approximate surface area is 163 Å². The number of hydrogen-bond donors (Lipinski definition) is 2. The van der Waals surface area contributed by atoms with Gasteiger partial charge in [0.1, 0.15) is 6.54 Å². The summed E-state index contributed by atoms with van der Waals surface area (Å²) in [5, 5.41) is 5.26. The largest absolute Gasteiger partial charge is 0.493 e. The molecule has 154 valence electrons. The van der Waals surface area contributed by atoms with Crippen molar-refractivity contribution >= 4 is 17.8 Å². The molecule has 1 saturated carbocycles. The molecule has 9 heteroatoms. The van der Waals surface area contributed by atoms with Gasteiger partial charge in [-0.15, -0.1) is 0 Å². The molecule has 1 aliphatic carbocycles. The third kappa shape index (κ3) is 5.77. The number of carbonyl (C=O) groups is 3. The van der Waals surface area contributed by atoms with Gasteiger partial charge in [0.25, 0.3) is 11.8 Å². The molecule has 0 unspecified atom stereocenters. The number of benzene rings is 1. The summed E-state index contributed by atoms with van der Waals surface area (Å²) in [6.45, 7) is -0.735. The van der Waals surface area contributed by atoms with E-state index in [1.54, 1.807) is 0 Å².